The fourth-order valence-corrected chi connectivity index (χ4v) is 3.60. The van der Waals surface area contributed by atoms with E-state index in [1.54, 1.807) is 7.05 Å². The Kier molecular flexibility index (Phi) is 11.2. The molecular weight excluding hydrogens is 404 g/mol. The van der Waals surface area contributed by atoms with Crippen LogP contribution in [0.2, 0.25) is 0 Å². The summed E-state index contributed by atoms with van der Waals surface area (Å²) in [7, 11) is 1.68. The van der Waals surface area contributed by atoms with Gasteiger partial charge in [0.05, 0.1) is 19.3 Å². The lowest BCUT2D eigenvalue weighted by atomic mass is 10.2. The van der Waals surface area contributed by atoms with Crippen LogP contribution < -0.4 is 10.6 Å². The van der Waals surface area contributed by atoms with E-state index in [0.29, 0.717) is 39.4 Å². The normalized spacial score (nSPS) is 18.7. The Morgan fingerprint density at radius 3 is 2.39 bits per heavy atom. The van der Waals surface area contributed by atoms with Crippen LogP contribution in [-0.4, -0.2) is 99.1 Å². The van der Waals surface area contributed by atoms with Gasteiger partial charge in [-0.1, -0.05) is 0 Å². The van der Waals surface area contributed by atoms with Crippen LogP contribution in [0.5, 0.6) is 0 Å². The second-order valence-electron chi connectivity index (χ2n) is 7.50. The van der Waals surface area contributed by atoms with Crippen molar-refractivity contribution in [3.63, 3.8) is 0 Å². The number of nitrogens with zero attached hydrogens (tertiary/aromatic N) is 2. The van der Waals surface area contributed by atoms with Gasteiger partial charge in [-0.15, -0.1) is 0 Å². The Bertz CT molecular complexity index is 636. The molecule has 1 unspecified atom stereocenters. The Morgan fingerprint density at radius 2 is 1.71 bits per heavy atom. The summed E-state index contributed by atoms with van der Waals surface area (Å²) < 4.78 is 11.1. The summed E-state index contributed by atoms with van der Waals surface area (Å²) in [5.74, 6) is -0.861. The Labute approximate surface area is 183 Å². The van der Waals surface area contributed by atoms with E-state index in [2.05, 4.69) is 15.5 Å². The molecule has 2 heterocycles. The molecule has 1 fully saturated rings. The molecule has 0 bridgehead atoms. The lowest BCUT2D eigenvalue weighted by Crippen LogP contribution is -2.42. The standard InChI is InChI=1S/C21H34N4O6/c1-22-21(29)17-5-2-10-24(17)11-4-14-31-16-15-30-13-3-9-23-18(26)8-12-25-19(27)6-7-20(25)28/h6-7,17H,2-5,8-16H2,1H3,(H,22,29)(H,23,26). The molecule has 1 atom stereocenters. The Morgan fingerprint density at radius 1 is 1.03 bits per heavy atom. The largest absolute Gasteiger partial charge is 0.379 e. The van der Waals surface area contributed by atoms with Crippen LogP contribution in [0.25, 0.3) is 0 Å². The van der Waals surface area contributed by atoms with E-state index < -0.39 is 0 Å². The molecule has 2 N–H and O–H groups in total. The molecule has 2 aliphatic heterocycles. The number of nitrogens with one attached hydrogen (secondary N) is 2. The number of likely N-dealkylation sites (tertiary alicyclic amines) is 1. The van der Waals surface area contributed by atoms with Crippen molar-refractivity contribution >= 4 is 23.6 Å². The maximum absolute atomic E-state index is 11.8. The molecule has 2 rings (SSSR count). The third-order valence-corrected chi connectivity index (χ3v) is 5.27. The fourth-order valence-electron chi connectivity index (χ4n) is 3.60. The van der Waals surface area contributed by atoms with Gasteiger partial charge in [0.1, 0.15) is 0 Å². The van der Waals surface area contributed by atoms with Gasteiger partial charge in [0.25, 0.3) is 11.8 Å². The first-order valence-electron chi connectivity index (χ1n) is 10.9. The number of likely N-dealkylation sites (N-methyl/N-ethyl adjacent to an activating group) is 1. The molecular formula is C21H34N4O6. The summed E-state index contributed by atoms with van der Waals surface area (Å²) in [4.78, 5) is 49.6. The van der Waals surface area contributed by atoms with Crippen molar-refractivity contribution in [1.29, 1.82) is 0 Å². The topological polar surface area (TPSA) is 117 Å². The van der Waals surface area contributed by atoms with E-state index in [1.807, 2.05) is 0 Å². The molecule has 0 spiro atoms. The van der Waals surface area contributed by atoms with Gasteiger partial charge >= 0.3 is 0 Å². The highest BCUT2D eigenvalue weighted by Crippen LogP contribution is 2.17. The van der Waals surface area contributed by atoms with Crippen LogP contribution >= 0.6 is 0 Å². The summed E-state index contributed by atoms with van der Waals surface area (Å²) >= 11 is 0. The molecule has 0 aromatic carbocycles. The number of ether oxygens (including phenoxy) is 2. The zero-order chi connectivity index (χ0) is 22.5. The lowest BCUT2D eigenvalue weighted by Gasteiger charge is -2.22. The van der Waals surface area contributed by atoms with E-state index in [4.69, 9.17) is 9.47 Å². The number of hydrogen-bond acceptors (Lipinski definition) is 7. The van der Waals surface area contributed by atoms with Crippen LogP contribution in [-0.2, 0) is 28.7 Å². The molecule has 4 amide bonds. The molecule has 0 aliphatic carbocycles. The second-order valence-corrected chi connectivity index (χ2v) is 7.50. The average Bonchev–Trinajstić information content (AvgIpc) is 3.36. The first kappa shape index (κ1) is 25.0. The fraction of sp³-hybridized carbons (Fsp3) is 0.714. The highest BCUT2D eigenvalue weighted by atomic mass is 16.5. The molecule has 0 saturated carbocycles. The summed E-state index contributed by atoms with van der Waals surface area (Å²) in [5.41, 5.74) is 0. The van der Waals surface area contributed by atoms with E-state index in [0.717, 1.165) is 37.3 Å². The number of amides is 4. The molecule has 31 heavy (non-hydrogen) atoms. The molecule has 2 aliphatic rings. The monoisotopic (exact) mass is 438 g/mol. The highest BCUT2D eigenvalue weighted by molar-refractivity contribution is 6.13. The minimum Gasteiger partial charge on any atom is -0.379 e. The Balaban J connectivity index is 1.36. The molecule has 10 heteroatoms. The van der Waals surface area contributed by atoms with Gasteiger partial charge in [-0.05, 0) is 32.2 Å². The van der Waals surface area contributed by atoms with Gasteiger partial charge in [-0.2, -0.15) is 0 Å². The first-order valence-corrected chi connectivity index (χ1v) is 10.9. The van der Waals surface area contributed by atoms with Crippen LogP contribution in [0.1, 0.15) is 32.1 Å². The van der Waals surface area contributed by atoms with Gasteiger partial charge in [-0.3, -0.25) is 29.0 Å². The molecule has 0 radical (unpaired) electrons. The van der Waals surface area contributed by atoms with Gasteiger partial charge in [0, 0.05) is 58.5 Å². The van der Waals surface area contributed by atoms with Gasteiger partial charge in [0.2, 0.25) is 11.8 Å². The molecule has 10 nitrogen and oxygen atoms in total. The maximum Gasteiger partial charge on any atom is 0.253 e. The maximum atomic E-state index is 11.8. The van der Waals surface area contributed by atoms with Crippen LogP contribution in [0, 0.1) is 0 Å². The van der Waals surface area contributed by atoms with Crippen molar-refractivity contribution in [3.8, 4) is 0 Å². The number of carbonyl (C=O) groups is 4. The van der Waals surface area contributed by atoms with Crippen LogP contribution in [0.3, 0.4) is 0 Å². The van der Waals surface area contributed by atoms with E-state index in [-0.39, 0.29) is 42.6 Å². The molecule has 0 aromatic rings. The third-order valence-electron chi connectivity index (χ3n) is 5.27. The molecule has 1 saturated heterocycles. The molecule has 174 valence electrons. The predicted molar refractivity (Wildman–Crippen MR) is 113 cm³/mol. The van der Waals surface area contributed by atoms with Gasteiger partial charge < -0.3 is 20.1 Å². The summed E-state index contributed by atoms with van der Waals surface area (Å²) in [6.07, 6.45) is 6.03. The number of imide groups is 1. The SMILES string of the molecule is CNC(=O)C1CCCN1CCCOCCOCCCNC(=O)CCN1C(=O)C=CC1=O. The van der Waals surface area contributed by atoms with Crippen LogP contribution in [0.4, 0.5) is 0 Å². The summed E-state index contributed by atoms with van der Waals surface area (Å²) in [6.45, 7) is 4.53. The smallest absolute Gasteiger partial charge is 0.253 e. The lowest BCUT2D eigenvalue weighted by molar-refractivity contribution is -0.137. The Hall–Kier alpha value is -2.30. The van der Waals surface area contributed by atoms with Crippen molar-refractivity contribution < 1.29 is 28.7 Å². The van der Waals surface area contributed by atoms with Crippen molar-refractivity contribution in [3.05, 3.63) is 12.2 Å². The third kappa shape index (κ3) is 8.76. The zero-order valence-corrected chi connectivity index (χ0v) is 18.3. The second kappa shape index (κ2) is 13.9. The van der Waals surface area contributed by atoms with Crippen molar-refractivity contribution in [2.75, 3.05) is 59.7 Å². The first-order chi connectivity index (χ1) is 15.0. The minimum absolute atomic E-state index is 0.00367. The average molecular weight is 439 g/mol. The summed E-state index contributed by atoms with van der Waals surface area (Å²) in [5, 5.41) is 5.47. The van der Waals surface area contributed by atoms with E-state index >= 15 is 0 Å². The molecule has 0 aromatic heterocycles. The summed E-state index contributed by atoms with van der Waals surface area (Å²) in [6, 6.07) is -0.00367. The highest BCUT2D eigenvalue weighted by Gasteiger charge is 2.29. The van der Waals surface area contributed by atoms with E-state index in [9.17, 15) is 19.2 Å². The minimum atomic E-state index is -0.377. The quantitative estimate of drug-likeness (QED) is 0.260. The zero-order valence-electron chi connectivity index (χ0n) is 18.3. The predicted octanol–water partition coefficient (Wildman–Crippen LogP) is -0.558. The number of rotatable bonds is 15. The van der Waals surface area contributed by atoms with E-state index in [1.165, 1.54) is 12.2 Å². The van der Waals surface area contributed by atoms with Crippen molar-refractivity contribution in [2.24, 2.45) is 0 Å². The number of hydrogen-bond donors (Lipinski definition) is 2. The van der Waals surface area contributed by atoms with Crippen molar-refractivity contribution in [2.45, 2.75) is 38.1 Å². The van der Waals surface area contributed by atoms with Gasteiger partial charge in [0.15, 0.2) is 0 Å². The van der Waals surface area contributed by atoms with Gasteiger partial charge in [-0.25, -0.2) is 0 Å². The number of carbonyl (C=O) groups excluding carboxylic acids is 4. The van der Waals surface area contributed by atoms with Crippen molar-refractivity contribution in [1.82, 2.24) is 20.4 Å². The van der Waals surface area contributed by atoms with Crippen LogP contribution in [0.15, 0.2) is 12.2 Å².